The molecule has 0 aliphatic carbocycles. The van der Waals surface area contributed by atoms with E-state index in [1.54, 1.807) is 0 Å². The number of ether oxygens (including phenoxy) is 4. The lowest BCUT2D eigenvalue weighted by Crippen LogP contribution is -2.66. The van der Waals surface area contributed by atoms with Gasteiger partial charge in [-0.05, 0) is 19.1 Å². The summed E-state index contributed by atoms with van der Waals surface area (Å²) in [5.41, 5.74) is 0. The highest BCUT2D eigenvalue weighted by atomic mass is 29.3. The Kier molecular flexibility index (Phi) is 3.90. The van der Waals surface area contributed by atoms with Gasteiger partial charge >= 0.3 is 0 Å². The van der Waals surface area contributed by atoms with Crippen LogP contribution in [0.1, 0.15) is 6.42 Å². The Morgan fingerprint density at radius 2 is 1.50 bits per heavy atom. The third kappa shape index (κ3) is 3.35. The van der Waals surface area contributed by atoms with Crippen LogP contribution in [0.4, 0.5) is 0 Å². The van der Waals surface area contributed by atoms with Crippen LogP contribution in [0.15, 0.2) is 0 Å². The molecule has 0 N–H and O–H groups in total. The average molecular weight is 319 g/mol. The average Bonchev–Trinajstić information content (AvgIpc) is 3.24. The number of hydrogen-bond acceptors (Lipinski definition) is 5. The fraction of sp³-hybridized carbons (Fsp3) is 1.00. The van der Waals surface area contributed by atoms with Crippen LogP contribution in [0.2, 0.25) is 32.2 Å². The lowest BCUT2D eigenvalue weighted by molar-refractivity contribution is -0.352. The van der Waals surface area contributed by atoms with Crippen molar-refractivity contribution < 1.29 is 23.4 Å². The molecule has 0 saturated carbocycles. The molecule has 5 nitrogen and oxygen atoms in total. The highest BCUT2D eigenvalue weighted by Crippen LogP contribution is 2.41. The monoisotopic (exact) mass is 318 g/mol. The first-order chi connectivity index (χ1) is 9.32. The molecule has 0 bridgehead atoms. The van der Waals surface area contributed by atoms with E-state index in [9.17, 15) is 0 Å². The molecule has 2 unspecified atom stereocenters. The number of hydrogen-bond donors (Lipinski definition) is 0. The maximum Gasteiger partial charge on any atom is 0.273 e. The van der Waals surface area contributed by atoms with Gasteiger partial charge in [-0.25, -0.2) is 0 Å². The van der Waals surface area contributed by atoms with Crippen LogP contribution in [0.25, 0.3) is 0 Å². The molecule has 0 amide bonds. The van der Waals surface area contributed by atoms with Gasteiger partial charge in [-0.3, -0.25) is 0 Å². The minimum Gasteiger partial charge on any atom is -0.372 e. The summed E-state index contributed by atoms with van der Waals surface area (Å²) in [5.74, 6) is -0.851. The predicted molar refractivity (Wildman–Crippen MR) is 79.6 cm³/mol. The second-order valence-corrected chi connectivity index (χ2v) is 22.4. The summed E-state index contributed by atoms with van der Waals surface area (Å²) >= 11 is 0. The maximum absolute atomic E-state index is 6.48. The van der Waals surface area contributed by atoms with Gasteiger partial charge in [0.1, 0.15) is 12.2 Å². The third-order valence-electron chi connectivity index (χ3n) is 4.88. The summed E-state index contributed by atoms with van der Waals surface area (Å²) in [4.78, 5) is 0. The van der Waals surface area contributed by atoms with Gasteiger partial charge in [0.25, 0.3) is 5.97 Å². The second-order valence-electron chi connectivity index (χ2n) is 7.21. The second kappa shape index (κ2) is 5.15. The van der Waals surface area contributed by atoms with Crippen molar-refractivity contribution in [2.24, 2.45) is 0 Å². The van der Waals surface area contributed by atoms with Gasteiger partial charge < -0.3 is 23.4 Å². The highest BCUT2D eigenvalue weighted by Gasteiger charge is 2.55. The van der Waals surface area contributed by atoms with E-state index in [-0.39, 0.29) is 12.2 Å². The topological polar surface area (TPSA) is 52.8 Å². The molecule has 3 saturated heterocycles. The Hall–Kier alpha value is 0.234. The van der Waals surface area contributed by atoms with Crippen LogP contribution in [0, 0.1) is 0 Å². The molecule has 3 heterocycles. The van der Waals surface area contributed by atoms with Crippen LogP contribution >= 0.6 is 0 Å². The van der Waals surface area contributed by atoms with Crippen LogP contribution < -0.4 is 0 Å². The quantitative estimate of drug-likeness (QED) is 0.425. The molecule has 0 spiro atoms. The fourth-order valence-corrected chi connectivity index (χ4v) is 8.64. The highest BCUT2D eigenvalue weighted by molar-refractivity contribution is 7.38. The molecule has 20 heavy (non-hydrogen) atoms. The zero-order valence-electron chi connectivity index (χ0n) is 12.9. The van der Waals surface area contributed by atoms with Gasteiger partial charge in [-0.1, -0.05) is 13.1 Å². The normalized spacial score (nSPS) is 41.4. The minimum absolute atomic E-state index is 0.230. The number of epoxide rings is 2. The molecule has 3 aliphatic rings. The summed E-state index contributed by atoms with van der Waals surface area (Å²) < 4.78 is 29.0. The zero-order valence-corrected chi connectivity index (χ0v) is 14.9. The summed E-state index contributed by atoms with van der Waals surface area (Å²) in [6.07, 6.45) is 1.30. The lowest BCUT2D eigenvalue weighted by Gasteiger charge is -2.50. The summed E-state index contributed by atoms with van der Waals surface area (Å²) in [6.45, 7) is 12.2. The van der Waals surface area contributed by atoms with Crippen LogP contribution in [0.5, 0.6) is 0 Å². The van der Waals surface area contributed by atoms with Crippen LogP contribution in [0.3, 0.4) is 0 Å². The molecule has 0 aromatic heterocycles. The predicted octanol–water partition coefficient (Wildman–Crippen LogP) is 1.88. The van der Waals surface area contributed by atoms with Gasteiger partial charge in [0.05, 0.1) is 34.0 Å². The van der Waals surface area contributed by atoms with Crippen molar-refractivity contribution in [3.8, 4) is 0 Å². The van der Waals surface area contributed by atoms with Crippen molar-refractivity contribution in [2.75, 3.05) is 26.4 Å². The lowest BCUT2D eigenvalue weighted by atomic mass is 10.4. The number of rotatable bonds is 6. The molecule has 0 aromatic carbocycles. The first-order valence-electron chi connectivity index (χ1n) is 7.53. The first kappa shape index (κ1) is 15.1. The molecule has 3 rings (SSSR count). The van der Waals surface area contributed by atoms with E-state index in [1.165, 1.54) is 6.04 Å². The Bertz CT molecular complexity index is 344. The van der Waals surface area contributed by atoms with Crippen molar-refractivity contribution >= 4 is 15.4 Å². The first-order valence-corrected chi connectivity index (χ1v) is 14.6. The van der Waals surface area contributed by atoms with Gasteiger partial charge in [-0.2, -0.15) is 0 Å². The van der Waals surface area contributed by atoms with Crippen molar-refractivity contribution in [1.82, 2.24) is 0 Å². The van der Waals surface area contributed by atoms with Crippen LogP contribution in [-0.4, -0.2) is 60.0 Å². The standard InChI is InChI=1S/C13H26O5Si2/c1-19(2)6-5-13(18-20(19,3)4,16-9-11-7-14-11)17-10-12-8-15-12/h11-12H,5-10H2,1-4H3. The maximum atomic E-state index is 6.48. The molecule has 3 aliphatic heterocycles. The van der Waals surface area contributed by atoms with Gasteiger partial charge in [0.2, 0.25) is 0 Å². The largest absolute Gasteiger partial charge is 0.372 e. The molecule has 7 heteroatoms. The zero-order chi connectivity index (χ0) is 14.4. The van der Waals surface area contributed by atoms with Gasteiger partial charge in [-0.15, -0.1) is 0 Å². The van der Waals surface area contributed by atoms with Crippen molar-refractivity contribution in [1.29, 1.82) is 0 Å². The Morgan fingerprint density at radius 3 is 1.90 bits per heavy atom. The fourth-order valence-electron chi connectivity index (χ4n) is 2.36. The third-order valence-corrected chi connectivity index (χ3v) is 21.3. The van der Waals surface area contributed by atoms with Crippen molar-refractivity contribution in [3.63, 3.8) is 0 Å². The summed E-state index contributed by atoms with van der Waals surface area (Å²) in [5, 5.41) is 0. The van der Waals surface area contributed by atoms with Gasteiger partial charge in [0.15, 0.2) is 7.83 Å². The molecule has 2 atom stereocenters. The molecule has 116 valence electrons. The van der Waals surface area contributed by atoms with E-state index in [2.05, 4.69) is 26.2 Å². The van der Waals surface area contributed by atoms with E-state index >= 15 is 0 Å². The summed E-state index contributed by atoms with van der Waals surface area (Å²) in [7, 11) is -3.04. The van der Waals surface area contributed by atoms with E-state index in [0.717, 1.165) is 19.6 Å². The Balaban J connectivity index is 1.66. The Labute approximate surface area is 122 Å². The van der Waals surface area contributed by atoms with E-state index in [0.29, 0.717) is 13.2 Å². The molecule has 0 aromatic rings. The SMILES string of the molecule is C[Si]1(C)CCC(OCC2CO2)(OCC2CO2)O[Si]1(C)C. The van der Waals surface area contributed by atoms with Crippen LogP contribution in [-0.2, 0) is 23.4 Å². The van der Waals surface area contributed by atoms with Crippen molar-refractivity contribution in [2.45, 2.75) is 56.8 Å². The van der Waals surface area contributed by atoms with E-state index < -0.39 is 21.4 Å². The molecular weight excluding hydrogens is 292 g/mol. The minimum atomic E-state index is -1.75. The molecule has 0 radical (unpaired) electrons. The smallest absolute Gasteiger partial charge is 0.273 e. The molecular formula is C13H26O5Si2. The van der Waals surface area contributed by atoms with Crippen molar-refractivity contribution in [3.05, 3.63) is 0 Å². The Morgan fingerprint density at radius 1 is 1.00 bits per heavy atom. The summed E-state index contributed by atoms with van der Waals surface area (Å²) in [6, 6.07) is 1.20. The molecule has 3 fully saturated rings. The van der Waals surface area contributed by atoms with E-state index in [1.807, 2.05) is 0 Å². The van der Waals surface area contributed by atoms with Gasteiger partial charge in [0, 0.05) is 6.42 Å². The van der Waals surface area contributed by atoms with E-state index in [4.69, 9.17) is 23.4 Å².